The number of rotatable bonds is 11. The van der Waals surface area contributed by atoms with Gasteiger partial charge in [0.15, 0.2) is 0 Å². The summed E-state index contributed by atoms with van der Waals surface area (Å²) in [6.07, 6.45) is 11.5. The molecule has 0 aromatic rings. The molecule has 0 aliphatic heterocycles. The Bertz CT molecular complexity index is 162. The highest BCUT2D eigenvalue weighted by Gasteiger charge is 1.96. The first-order valence-corrected chi connectivity index (χ1v) is 7.30. The van der Waals surface area contributed by atoms with Crippen LogP contribution in [0.5, 0.6) is 0 Å². The molecule has 0 amide bonds. The Morgan fingerprint density at radius 3 is 1.56 bits per heavy atom. The van der Waals surface area contributed by atoms with Gasteiger partial charge in [0.1, 0.15) is 0 Å². The van der Waals surface area contributed by atoms with Crippen molar-refractivity contribution in [2.75, 3.05) is 13.1 Å². The Morgan fingerprint density at radius 1 is 0.833 bits per heavy atom. The molecule has 0 aliphatic carbocycles. The quantitative estimate of drug-likeness (QED) is 0.498. The molecule has 5 N–H and O–H groups in total. The number of carboxylic acids is 1. The molecule has 4 heteroatoms. The lowest BCUT2D eigenvalue weighted by molar-refractivity contribution is -0.137. The van der Waals surface area contributed by atoms with E-state index in [0.717, 1.165) is 12.8 Å². The van der Waals surface area contributed by atoms with E-state index in [1.807, 2.05) is 0 Å². The molecule has 18 heavy (non-hydrogen) atoms. The van der Waals surface area contributed by atoms with E-state index in [-0.39, 0.29) is 0 Å². The molecule has 0 aromatic carbocycles. The maximum absolute atomic E-state index is 10.2. The van der Waals surface area contributed by atoms with Gasteiger partial charge < -0.3 is 16.6 Å². The zero-order valence-corrected chi connectivity index (χ0v) is 12.0. The fraction of sp³-hybridized carbons (Fsp3) is 0.929. The van der Waals surface area contributed by atoms with E-state index in [9.17, 15) is 4.79 Å². The molecule has 0 saturated carbocycles. The van der Waals surface area contributed by atoms with Crippen LogP contribution in [0.4, 0.5) is 0 Å². The zero-order valence-electron chi connectivity index (χ0n) is 12.0. The molecule has 0 unspecified atom stereocenters. The summed E-state index contributed by atoms with van der Waals surface area (Å²) in [7, 11) is 0. The summed E-state index contributed by atoms with van der Waals surface area (Å²) in [6.45, 7) is 3.42. The maximum atomic E-state index is 10.2. The number of nitrogens with two attached hydrogens (primary N) is 2. The first kappa shape index (κ1) is 19.7. The fourth-order valence-corrected chi connectivity index (χ4v) is 1.59. The van der Waals surface area contributed by atoms with Crippen LogP contribution >= 0.6 is 0 Å². The Kier molecular flexibility index (Phi) is 20.5. The van der Waals surface area contributed by atoms with Crippen LogP contribution < -0.4 is 11.5 Å². The normalized spacial score (nSPS) is 9.72. The minimum absolute atomic E-state index is 0.343. The molecule has 0 aliphatic rings. The molecule has 0 saturated heterocycles. The summed E-state index contributed by atoms with van der Waals surface area (Å²) in [4.78, 5) is 10.2. The number of carboxylic acid groups (broad SMARTS) is 1. The van der Waals surface area contributed by atoms with E-state index in [2.05, 4.69) is 6.92 Å². The predicted molar refractivity (Wildman–Crippen MR) is 77.6 cm³/mol. The van der Waals surface area contributed by atoms with Crippen molar-refractivity contribution >= 4 is 5.97 Å². The molecular weight excluding hydrogens is 228 g/mol. The monoisotopic (exact) mass is 260 g/mol. The van der Waals surface area contributed by atoms with Crippen LogP contribution in [0.2, 0.25) is 0 Å². The topological polar surface area (TPSA) is 89.3 Å². The van der Waals surface area contributed by atoms with Gasteiger partial charge in [0.25, 0.3) is 0 Å². The average Bonchev–Trinajstić information content (AvgIpc) is 2.37. The maximum Gasteiger partial charge on any atom is 0.303 e. The van der Waals surface area contributed by atoms with Gasteiger partial charge in [-0.1, -0.05) is 58.3 Å². The highest BCUT2D eigenvalue weighted by atomic mass is 16.4. The van der Waals surface area contributed by atoms with Crippen LogP contribution in [-0.4, -0.2) is 24.2 Å². The van der Waals surface area contributed by atoms with E-state index in [0.29, 0.717) is 19.5 Å². The lowest BCUT2D eigenvalue weighted by Crippen LogP contribution is -2.11. The average molecular weight is 260 g/mol. The van der Waals surface area contributed by atoms with E-state index >= 15 is 0 Å². The van der Waals surface area contributed by atoms with E-state index in [1.54, 1.807) is 0 Å². The number of carbonyl (C=O) groups is 1. The van der Waals surface area contributed by atoms with Crippen molar-refractivity contribution in [3.8, 4) is 0 Å². The summed E-state index contributed by atoms with van der Waals surface area (Å²) in [5, 5.41) is 8.41. The molecule has 0 bridgehead atoms. The Labute approximate surface area is 112 Å². The van der Waals surface area contributed by atoms with Crippen molar-refractivity contribution in [3.05, 3.63) is 0 Å². The van der Waals surface area contributed by atoms with E-state index < -0.39 is 5.97 Å². The smallest absolute Gasteiger partial charge is 0.303 e. The summed E-state index contributed by atoms with van der Waals surface area (Å²) >= 11 is 0. The van der Waals surface area contributed by atoms with Crippen molar-refractivity contribution in [2.24, 2.45) is 11.5 Å². The van der Waals surface area contributed by atoms with E-state index in [1.165, 1.54) is 44.9 Å². The highest BCUT2D eigenvalue weighted by Crippen LogP contribution is 2.10. The zero-order chi connectivity index (χ0) is 14.1. The lowest BCUT2D eigenvalue weighted by Gasteiger charge is -2.00. The van der Waals surface area contributed by atoms with Crippen LogP contribution in [0, 0.1) is 0 Å². The summed E-state index contributed by atoms with van der Waals surface area (Å²) in [5.74, 6) is -0.659. The van der Waals surface area contributed by atoms with Crippen molar-refractivity contribution in [1.29, 1.82) is 0 Å². The minimum atomic E-state index is -0.659. The van der Waals surface area contributed by atoms with Gasteiger partial charge in [-0.15, -0.1) is 0 Å². The third-order valence-corrected chi connectivity index (χ3v) is 2.66. The lowest BCUT2D eigenvalue weighted by atomic mass is 10.1. The van der Waals surface area contributed by atoms with Gasteiger partial charge in [0.05, 0.1) is 0 Å². The van der Waals surface area contributed by atoms with Gasteiger partial charge >= 0.3 is 5.97 Å². The predicted octanol–water partition coefficient (Wildman–Crippen LogP) is 2.90. The van der Waals surface area contributed by atoms with Gasteiger partial charge in [0, 0.05) is 19.5 Å². The second-order valence-electron chi connectivity index (χ2n) is 4.55. The second kappa shape index (κ2) is 18.7. The molecular formula is C14H32N2O2. The largest absolute Gasteiger partial charge is 0.481 e. The molecule has 0 rings (SSSR count). The van der Waals surface area contributed by atoms with Crippen molar-refractivity contribution in [3.63, 3.8) is 0 Å². The summed E-state index contributed by atoms with van der Waals surface area (Å²) in [5.41, 5.74) is 9.81. The van der Waals surface area contributed by atoms with Crippen LogP contribution in [0.1, 0.15) is 71.1 Å². The van der Waals surface area contributed by atoms with Gasteiger partial charge in [-0.25, -0.2) is 0 Å². The van der Waals surface area contributed by atoms with Crippen molar-refractivity contribution in [1.82, 2.24) is 0 Å². The SMILES string of the molecule is CCCCCCCCCCCC(=O)O.NCCN. The van der Waals surface area contributed by atoms with Crippen molar-refractivity contribution in [2.45, 2.75) is 71.1 Å². The first-order chi connectivity index (χ1) is 8.68. The molecule has 110 valence electrons. The Hall–Kier alpha value is -0.610. The third kappa shape index (κ3) is 24.6. The van der Waals surface area contributed by atoms with Crippen LogP contribution in [-0.2, 0) is 4.79 Å². The number of hydrogen-bond acceptors (Lipinski definition) is 3. The first-order valence-electron chi connectivity index (χ1n) is 7.30. The summed E-state index contributed by atoms with van der Waals surface area (Å²) in [6, 6.07) is 0. The van der Waals surface area contributed by atoms with Gasteiger partial charge in [-0.2, -0.15) is 0 Å². The number of hydrogen-bond donors (Lipinski definition) is 3. The molecule has 0 fully saturated rings. The van der Waals surface area contributed by atoms with Crippen LogP contribution in [0.15, 0.2) is 0 Å². The molecule has 4 nitrogen and oxygen atoms in total. The Balaban J connectivity index is 0. The molecule has 0 heterocycles. The molecule has 0 spiro atoms. The third-order valence-electron chi connectivity index (χ3n) is 2.66. The minimum Gasteiger partial charge on any atom is -0.481 e. The number of aliphatic carboxylic acids is 1. The van der Waals surface area contributed by atoms with Crippen molar-refractivity contribution < 1.29 is 9.90 Å². The van der Waals surface area contributed by atoms with Crippen LogP contribution in [0.25, 0.3) is 0 Å². The highest BCUT2D eigenvalue weighted by molar-refractivity contribution is 5.66. The number of unbranched alkanes of at least 4 members (excludes halogenated alkanes) is 8. The Morgan fingerprint density at radius 2 is 1.22 bits per heavy atom. The standard InChI is InChI=1S/C12H24O2.C2H8N2/c1-2-3-4-5-6-7-8-9-10-11-12(13)14;3-1-2-4/h2-11H2,1H3,(H,13,14);1-4H2. The molecule has 0 radical (unpaired) electrons. The van der Waals surface area contributed by atoms with Gasteiger partial charge in [-0.05, 0) is 6.42 Å². The van der Waals surface area contributed by atoms with Gasteiger partial charge in [-0.3, -0.25) is 4.79 Å². The fourth-order valence-electron chi connectivity index (χ4n) is 1.59. The van der Waals surface area contributed by atoms with Crippen LogP contribution in [0.3, 0.4) is 0 Å². The second-order valence-corrected chi connectivity index (χ2v) is 4.55. The summed E-state index contributed by atoms with van der Waals surface area (Å²) < 4.78 is 0. The van der Waals surface area contributed by atoms with Gasteiger partial charge in [0.2, 0.25) is 0 Å². The van der Waals surface area contributed by atoms with E-state index in [4.69, 9.17) is 16.6 Å². The molecule has 0 atom stereocenters. The molecule has 0 aromatic heterocycles.